The molecule has 1 rings (SSSR count). The quantitative estimate of drug-likeness (QED) is 0.775. The molecular weight excluding hydrogens is 179 g/mol. The summed E-state index contributed by atoms with van der Waals surface area (Å²) >= 11 is 0. The van der Waals surface area contributed by atoms with Crippen molar-refractivity contribution in [2.75, 3.05) is 6.54 Å². The van der Waals surface area contributed by atoms with Crippen LogP contribution in [-0.4, -0.2) is 6.54 Å². The summed E-state index contributed by atoms with van der Waals surface area (Å²) in [5.74, 6) is -1.72. The third-order valence-corrected chi connectivity index (χ3v) is 1.73. The smallest absolute Gasteiger partial charge is 0.132 e. The Balaban J connectivity index is 2.98. The highest BCUT2D eigenvalue weighted by atomic mass is 19.2. The molecule has 0 fully saturated rings. The average molecular weight is 189 g/mol. The van der Waals surface area contributed by atoms with Gasteiger partial charge in [0.1, 0.15) is 17.8 Å². The van der Waals surface area contributed by atoms with Crippen LogP contribution in [0.2, 0.25) is 0 Å². The van der Waals surface area contributed by atoms with Crippen molar-refractivity contribution in [2.45, 2.75) is 12.6 Å². The van der Waals surface area contributed by atoms with Gasteiger partial charge in [-0.2, -0.15) is 0 Å². The molecule has 1 aromatic carbocycles. The van der Waals surface area contributed by atoms with E-state index in [9.17, 15) is 13.2 Å². The summed E-state index contributed by atoms with van der Waals surface area (Å²) in [6, 6.07) is 3.26. The molecule has 0 saturated heterocycles. The maximum atomic E-state index is 13.1. The first kappa shape index (κ1) is 10.1. The number of hydrogen-bond donors (Lipinski definition) is 1. The van der Waals surface area contributed by atoms with Crippen LogP contribution in [0.4, 0.5) is 13.2 Å². The van der Waals surface area contributed by atoms with Gasteiger partial charge in [0.2, 0.25) is 0 Å². The van der Waals surface area contributed by atoms with Gasteiger partial charge in [-0.05, 0) is 25.1 Å². The van der Waals surface area contributed by atoms with E-state index in [0.717, 1.165) is 12.1 Å². The standard InChI is InChI=1S/C9H10F3N/c10-6-2-1-3-7(11)9(6)8(12)4-5-13/h1-3,8H,4-5,13H2. The Morgan fingerprint density at radius 1 is 1.23 bits per heavy atom. The van der Waals surface area contributed by atoms with E-state index in [2.05, 4.69) is 0 Å². The first-order chi connectivity index (χ1) is 6.16. The van der Waals surface area contributed by atoms with E-state index in [0.29, 0.717) is 0 Å². The number of hydrogen-bond acceptors (Lipinski definition) is 1. The molecule has 0 aliphatic rings. The molecule has 0 bridgehead atoms. The summed E-state index contributed by atoms with van der Waals surface area (Å²) in [5, 5.41) is 0. The van der Waals surface area contributed by atoms with Crippen molar-refractivity contribution in [1.82, 2.24) is 0 Å². The van der Waals surface area contributed by atoms with Crippen molar-refractivity contribution in [3.8, 4) is 0 Å². The Hall–Kier alpha value is -1.03. The molecule has 72 valence electrons. The van der Waals surface area contributed by atoms with E-state index in [1.807, 2.05) is 0 Å². The normalized spacial score (nSPS) is 12.9. The van der Waals surface area contributed by atoms with Crippen molar-refractivity contribution in [3.05, 3.63) is 35.4 Å². The second-order valence-electron chi connectivity index (χ2n) is 2.68. The minimum absolute atomic E-state index is 0.0644. The highest BCUT2D eigenvalue weighted by molar-refractivity contribution is 5.22. The lowest BCUT2D eigenvalue weighted by atomic mass is 10.1. The van der Waals surface area contributed by atoms with Crippen molar-refractivity contribution in [2.24, 2.45) is 5.73 Å². The molecule has 0 spiro atoms. The maximum Gasteiger partial charge on any atom is 0.132 e. The first-order valence-corrected chi connectivity index (χ1v) is 3.95. The topological polar surface area (TPSA) is 26.0 Å². The summed E-state index contributed by atoms with van der Waals surface area (Å²) in [6.45, 7) is 0.0644. The average Bonchev–Trinajstić information content (AvgIpc) is 2.04. The van der Waals surface area contributed by atoms with E-state index >= 15 is 0 Å². The number of benzene rings is 1. The van der Waals surface area contributed by atoms with Gasteiger partial charge >= 0.3 is 0 Å². The summed E-state index contributed by atoms with van der Waals surface area (Å²) in [5.41, 5.74) is 4.56. The zero-order valence-electron chi connectivity index (χ0n) is 6.93. The van der Waals surface area contributed by atoms with Gasteiger partial charge in [-0.1, -0.05) is 6.07 Å². The van der Waals surface area contributed by atoms with Crippen molar-refractivity contribution < 1.29 is 13.2 Å². The minimum Gasteiger partial charge on any atom is -0.330 e. The molecule has 0 radical (unpaired) electrons. The van der Waals surface area contributed by atoms with Crippen LogP contribution in [0, 0.1) is 11.6 Å². The van der Waals surface area contributed by atoms with Gasteiger partial charge in [-0.25, -0.2) is 13.2 Å². The summed E-state index contributed by atoms with van der Waals surface area (Å²) in [6.07, 6.45) is -1.73. The summed E-state index contributed by atoms with van der Waals surface area (Å²) in [7, 11) is 0. The van der Waals surface area contributed by atoms with E-state index in [1.165, 1.54) is 6.07 Å². The fourth-order valence-corrected chi connectivity index (χ4v) is 1.10. The van der Waals surface area contributed by atoms with E-state index < -0.39 is 23.4 Å². The minimum atomic E-state index is -1.66. The lowest BCUT2D eigenvalue weighted by Crippen LogP contribution is -2.06. The van der Waals surface area contributed by atoms with Gasteiger partial charge in [-0.3, -0.25) is 0 Å². The summed E-state index contributed by atoms with van der Waals surface area (Å²) in [4.78, 5) is 0. The van der Waals surface area contributed by atoms with Gasteiger partial charge in [-0.15, -0.1) is 0 Å². The third kappa shape index (κ3) is 2.21. The molecule has 2 N–H and O–H groups in total. The van der Waals surface area contributed by atoms with Crippen LogP contribution in [0.1, 0.15) is 18.2 Å². The SMILES string of the molecule is NCCC(F)c1c(F)cccc1F. The van der Waals surface area contributed by atoms with Crippen molar-refractivity contribution in [1.29, 1.82) is 0 Å². The number of nitrogens with two attached hydrogens (primary N) is 1. The number of rotatable bonds is 3. The summed E-state index contributed by atoms with van der Waals surface area (Å²) < 4.78 is 38.9. The van der Waals surface area contributed by atoms with Gasteiger partial charge in [0, 0.05) is 0 Å². The molecule has 1 unspecified atom stereocenters. The lowest BCUT2D eigenvalue weighted by molar-refractivity contribution is 0.306. The Bertz CT molecular complexity index is 268. The fraction of sp³-hybridized carbons (Fsp3) is 0.333. The third-order valence-electron chi connectivity index (χ3n) is 1.73. The molecule has 4 heteroatoms. The van der Waals surface area contributed by atoms with Crippen LogP contribution in [0.3, 0.4) is 0 Å². The molecule has 1 atom stereocenters. The first-order valence-electron chi connectivity index (χ1n) is 3.95. The highest BCUT2D eigenvalue weighted by Gasteiger charge is 2.18. The lowest BCUT2D eigenvalue weighted by Gasteiger charge is -2.08. The molecule has 0 aliphatic heterocycles. The maximum absolute atomic E-state index is 13.1. The van der Waals surface area contributed by atoms with Crippen LogP contribution in [0.25, 0.3) is 0 Å². The largest absolute Gasteiger partial charge is 0.330 e. The van der Waals surface area contributed by atoms with Crippen molar-refractivity contribution >= 4 is 0 Å². The fourth-order valence-electron chi connectivity index (χ4n) is 1.10. The van der Waals surface area contributed by atoms with Crippen LogP contribution < -0.4 is 5.73 Å². The number of halogens is 3. The number of alkyl halides is 1. The zero-order valence-corrected chi connectivity index (χ0v) is 6.93. The molecule has 0 aromatic heterocycles. The predicted octanol–water partition coefficient (Wildman–Crippen LogP) is 2.32. The van der Waals surface area contributed by atoms with Gasteiger partial charge < -0.3 is 5.73 Å². The predicted molar refractivity (Wildman–Crippen MR) is 43.9 cm³/mol. The Kier molecular flexibility index (Phi) is 3.31. The van der Waals surface area contributed by atoms with Crippen LogP contribution in [-0.2, 0) is 0 Å². The second-order valence-corrected chi connectivity index (χ2v) is 2.68. The Labute approximate surface area is 74.4 Å². The molecule has 13 heavy (non-hydrogen) atoms. The van der Waals surface area contributed by atoms with Crippen LogP contribution in [0.15, 0.2) is 18.2 Å². The molecule has 0 amide bonds. The molecule has 1 nitrogen and oxygen atoms in total. The van der Waals surface area contributed by atoms with E-state index in [-0.39, 0.29) is 13.0 Å². The van der Waals surface area contributed by atoms with Crippen LogP contribution >= 0.6 is 0 Å². The second kappa shape index (κ2) is 4.28. The molecule has 0 saturated carbocycles. The van der Waals surface area contributed by atoms with Gasteiger partial charge in [0.05, 0.1) is 5.56 Å². The Morgan fingerprint density at radius 3 is 2.23 bits per heavy atom. The zero-order chi connectivity index (χ0) is 9.84. The van der Waals surface area contributed by atoms with Crippen molar-refractivity contribution in [3.63, 3.8) is 0 Å². The molecule has 1 aromatic rings. The highest BCUT2D eigenvalue weighted by Crippen LogP contribution is 2.25. The molecular formula is C9H10F3N. The molecule has 0 heterocycles. The van der Waals surface area contributed by atoms with E-state index in [4.69, 9.17) is 5.73 Å². The monoisotopic (exact) mass is 189 g/mol. The molecule has 0 aliphatic carbocycles. The van der Waals surface area contributed by atoms with Crippen LogP contribution in [0.5, 0.6) is 0 Å². The van der Waals surface area contributed by atoms with E-state index in [1.54, 1.807) is 0 Å². The van der Waals surface area contributed by atoms with Gasteiger partial charge in [0.15, 0.2) is 0 Å². The van der Waals surface area contributed by atoms with Gasteiger partial charge in [0.25, 0.3) is 0 Å². The Morgan fingerprint density at radius 2 is 1.77 bits per heavy atom.